The molecule has 1 fully saturated rings. The molecule has 1 saturated heterocycles. The number of hydrogen-bond donors (Lipinski definition) is 4. The number of allylic oxidation sites excluding steroid dienone is 4. The van der Waals surface area contributed by atoms with Crippen molar-refractivity contribution in [1.82, 2.24) is 0 Å². The van der Waals surface area contributed by atoms with E-state index in [1.165, 1.54) is 64.2 Å². The molecule has 1 heterocycles. The largest absolute Gasteiger partial charge is 0.462 e. The van der Waals surface area contributed by atoms with Crippen molar-refractivity contribution >= 4 is 11.9 Å². The van der Waals surface area contributed by atoms with Gasteiger partial charge in [0.2, 0.25) is 0 Å². The number of hydrogen-bond acceptors (Lipinski definition) is 10. The number of aliphatic hydroxyl groups is 4. The molecule has 1 aliphatic rings. The lowest BCUT2D eigenvalue weighted by Crippen LogP contribution is -2.59. The van der Waals surface area contributed by atoms with E-state index < -0.39 is 55.4 Å². The van der Waals surface area contributed by atoms with Crippen molar-refractivity contribution < 1.29 is 49.0 Å². The zero-order valence-electron chi connectivity index (χ0n) is 32.1. The summed E-state index contributed by atoms with van der Waals surface area (Å²) in [5.41, 5.74) is 0. The van der Waals surface area contributed by atoms with Crippen LogP contribution in [0.4, 0.5) is 0 Å². The molecule has 4 N–H and O–H groups in total. The van der Waals surface area contributed by atoms with E-state index in [1.807, 2.05) is 0 Å². The number of unbranched alkanes of at least 4 members (excludes halogenated alkanes) is 18. The highest BCUT2D eigenvalue weighted by Crippen LogP contribution is 2.22. The fraction of sp³-hybridized carbons (Fsp3) is 0.854. The van der Waals surface area contributed by atoms with Gasteiger partial charge < -0.3 is 39.4 Å². The fourth-order valence-corrected chi connectivity index (χ4v) is 5.99. The summed E-state index contributed by atoms with van der Waals surface area (Å²) in [6.45, 7) is 3.34. The van der Waals surface area contributed by atoms with Crippen molar-refractivity contribution in [1.29, 1.82) is 0 Å². The van der Waals surface area contributed by atoms with Gasteiger partial charge in [-0.2, -0.15) is 0 Å². The average molecular weight is 727 g/mol. The van der Waals surface area contributed by atoms with Gasteiger partial charge >= 0.3 is 11.9 Å². The van der Waals surface area contributed by atoms with Gasteiger partial charge in [0.1, 0.15) is 31.0 Å². The molecular formula is C41H74O10. The lowest BCUT2D eigenvalue weighted by atomic mass is 9.99. The van der Waals surface area contributed by atoms with E-state index in [1.54, 1.807) is 0 Å². The molecule has 2 unspecified atom stereocenters. The summed E-state index contributed by atoms with van der Waals surface area (Å²) in [5.74, 6) is -0.836. The van der Waals surface area contributed by atoms with Crippen LogP contribution in [0.5, 0.6) is 0 Å². The molecule has 10 nitrogen and oxygen atoms in total. The Kier molecular flexibility index (Phi) is 30.4. The Hall–Kier alpha value is -1.82. The topological polar surface area (TPSA) is 152 Å². The minimum absolute atomic E-state index is 0.209. The third-order valence-electron chi connectivity index (χ3n) is 9.31. The summed E-state index contributed by atoms with van der Waals surface area (Å²) < 4.78 is 22.0. The normalized spacial score (nSPS) is 21.4. The Labute approximate surface area is 309 Å². The first-order valence-corrected chi connectivity index (χ1v) is 20.4. The van der Waals surface area contributed by atoms with E-state index in [0.29, 0.717) is 12.8 Å². The van der Waals surface area contributed by atoms with E-state index in [4.69, 9.17) is 18.9 Å². The summed E-state index contributed by atoms with van der Waals surface area (Å²) in [6.07, 6.45) is 26.2. The van der Waals surface area contributed by atoms with E-state index in [0.717, 1.165) is 64.2 Å². The maximum atomic E-state index is 12.7. The van der Waals surface area contributed by atoms with Crippen molar-refractivity contribution in [3.8, 4) is 0 Å². The molecule has 0 spiro atoms. The Bertz CT molecular complexity index is 892. The lowest BCUT2D eigenvalue weighted by molar-refractivity contribution is -0.305. The van der Waals surface area contributed by atoms with Crippen LogP contribution in [0, 0.1) is 0 Å². The smallest absolute Gasteiger partial charge is 0.306 e. The summed E-state index contributed by atoms with van der Waals surface area (Å²) in [6, 6.07) is 0. The van der Waals surface area contributed by atoms with Crippen molar-refractivity contribution in [2.24, 2.45) is 0 Å². The molecule has 10 heteroatoms. The maximum absolute atomic E-state index is 12.7. The molecule has 0 bridgehead atoms. The fourth-order valence-electron chi connectivity index (χ4n) is 5.99. The third-order valence-corrected chi connectivity index (χ3v) is 9.31. The Morgan fingerprint density at radius 1 is 0.588 bits per heavy atom. The highest BCUT2D eigenvalue weighted by Gasteiger charge is 2.44. The van der Waals surface area contributed by atoms with Crippen molar-refractivity contribution in [2.45, 2.75) is 205 Å². The van der Waals surface area contributed by atoms with Crippen LogP contribution < -0.4 is 0 Å². The molecule has 0 saturated carbocycles. The van der Waals surface area contributed by atoms with Gasteiger partial charge in [0, 0.05) is 12.8 Å². The van der Waals surface area contributed by atoms with Gasteiger partial charge in [-0.15, -0.1) is 0 Å². The van der Waals surface area contributed by atoms with Crippen molar-refractivity contribution in [3.63, 3.8) is 0 Å². The van der Waals surface area contributed by atoms with Gasteiger partial charge in [-0.3, -0.25) is 9.59 Å². The zero-order valence-corrected chi connectivity index (χ0v) is 32.1. The van der Waals surface area contributed by atoms with Crippen LogP contribution in [-0.4, -0.2) is 89.0 Å². The molecule has 298 valence electrons. The van der Waals surface area contributed by atoms with E-state index in [2.05, 4.69) is 38.2 Å². The number of ether oxygens (including phenoxy) is 4. The summed E-state index contributed by atoms with van der Waals surface area (Å²) in [5, 5.41) is 39.9. The number of aliphatic hydroxyl groups excluding tert-OH is 4. The Morgan fingerprint density at radius 3 is 1.61 bits per heavy atom. The second-order valence-electron chi connectivity index (χ2n) is 14.1. The summed E-state index contributed by atoms with van der Waals surface area (Å²) in [7, 11) is 0. The molecule has 51 heavy (non-hydrogen) atoms. The van der Waals surface area contributed by atoms with Crippen molar-refractivity contribution in [2.75, 3.05) is 19.8 Å². The second-order valence-corrected chi connectivity index (χ2v) is 14.1. The second kappa shape index (κ2) is 32.8. The molecule has 1 rings (SSSR count). The number of rotatable bonds is 33. The summed E-state index contributed by atoms with van der Waals surface area (Å²) >= 11 is 0. The van der Waals surface area contributed by atoms with Crippen LogP contribution >= 0.6 is 0 Å². The number of esters is 2. The zero-order chi connectivity index (χ0) is 37.4. The molecule has 0 radical (unpaired) electrons. The quantitative estimate of drug-likeness (QED) is 0.0300. The first-order chi connectivity index (χ1) is 24.8. The Morgan fingerprint density at radius 2 is 1.06 bits per heavy atom. The highest BCUT2D eigenvalue weighted by atomic mass is 16.7. The molecular weight excluding hydrogens is 652 g/mol. The van der Waals surface area contributed by atoms with Gasteiger partial charge in [-0.25, -0.2) is 0 Å². The van der Waals surface area contributed by atoms with Gasteiger partial charge in [0.15, 0.2) is 12.4 Å². The molecule has 0 aromatic heterocycles. The number of carbonyl (C=O) groups excluding carboxylic acids is 2. The standard InChI is InChI=1S/C41H74O10/c1-3-5-7-9-11-13-15-16-17-18-20-22-24-26-28-30-37(44)50-34(33-49-41-40(47)39(46)38(45)35(31-42)51-41)32-48-36(43)29-27-25-23-21-19-14-12-10-8-6-4-2/h10,12,18,20,34-35,38-42,45-47H,3-9,11,13-17,19,21-33H2,1-2H3/b12-10+,20-18+/t34-,35-,38+,39?,40?,41-/m1/s1. The molecule has 0 aromatic carbocycles. The van der Waals surface area contributed by atoms with Crippen LogP contribution in [-0.2, 0) is 28.5 Å². The van der Waals surface area contributed by atoms with Gasteiger partial charge in [0.25, 0.3) is 0 Å². The van der Waals surface area contributed by atoms with E-state index in [9.17, 15) is 30.0 Å². The molecule has 0 amide bonds. The van der Waals surface area contributed by atoms with Gasteiger partial charge in [-0.05, 0) is 57.8 Å². The molecule has 0 aromatic rings. The molecule has 0 aliphatic carbocycles. The van der Waals surface area contributed by atoms with Crippen molar-refractivity contribution in [3.05, 3.63) is 24.3 Å². The number of carbonyl (C=O) groups is 2. The highest BCUT2D eigenvalue weighted by molar-refractivity contribution is 5.70. The van der Waals surface area contributed by atoms with Crippen LogP contribution in [0.25, 0.3) is 0 Å². The Balaban J connectivity index is 2.39. The van der Waals surface area contributed by atoms with Crippen LogP contribution in [0.2, 0.25) is 0 Å². The van der Waals surface area contributed by atoms with Crippen LogP contribution in [0.15, 0.2) is 24.3 Å². The predicted octanol–water partition coefficient (Wildman–Crippen LogP) is 7.77. The van der Waals surface area contributed by atoms with E-state index >= 15 is 0 Å². The minimum atomic E-state index is -1.60. The third kappa shape index (κ3) is 24.9. The van der Waals surface area contributed by atoms with Crippen LogP contribution in [0.3, 0.4) is 0 Å². The minimum Gasteiger partial charge on any atom is -0.462 e. The van der Waals surface area contributed by atoms with E-state index in [-0.39, 0.29) is 26.1 Å². The molecule has 6 atom stereocenters. The molecule has 1 aliphatic heterocycles. The maximum Gasteiger partial charge on any atom is 0.306 e. The first kappa shape index (κ1) is 47.2. The SMILES string of the molecule is CCCC/C=C/CCCCCCCC(=O)OC[C@H](CO[C@@H]1O[C@H](CO)[C@H](O)C(O)C1O)OC(=O)CCCCC/C=C/CCCCCCCCCC. The van der Waals surface area contributed by atoms with Crippen LogP contribution in [0.1, 0.15) is 168 Å². The van der Waals surface area contributed by atoms with Gasteiger partial charge in [0.05, 0.1) is 13.2 Å². The monoisotopic (exact) mass is 727 g/mol. The average Bonchev–Trinajstić information content (AvgIpc) is 3.13. The predicted molar refractivity (Wildman–Crippen MR) is 201 cm³/mol. The summed E-state index contributed by atoms with van der Waals surface area (Å²) in [4.78, 5) is 25.2. The lowest BCUT2D eigenvalue weighted by Gasteiger charge is -2.39. The van der Waals surface area contributed by atoms with Gasteiger partial charge in [-0.1, -0.05) is 122 Å². The first-order valence-electron chi connectivity index (χ1n) is 20.4.